The molecule has 0 bridgehead atoms. The summed E-state index contributed by atoms with van der Waals surface area (Å²) in [5.74, 6) is -1.42. The van der Waals surface area contributed by atoms with Gasteiger partial charge in [0.25, 0.3) is 0 Å². The zero-order valence-corrected chi connectivity index (χ0v) is 10.1. The van der Waals surface area contributed by atoms with Crippen molar-refractivity contribution in [3.63, 3.8) is 0 Å². The van der Waals surface area contributed by atoms with Crippen LogP contribution in [0.1, 0.15) is 13.3 Å². The van der Waals surface area contributed by atoms with Crippen LogP contribution in [0.15, 0.2) is 0 Å². The lowest BCUT2D eigenvalue weighted by Crippen LogP contribution is -2.44. The van der Waals surface area contributed by atoms with Gasteiger partial charge < -0.3 is 25.8 Å². The maximum atomic E-state index is 11.7. The summed E-state index contributed by atoms with van der Waals surface area (Å²) >= 11 is 0. The third-order valence-electron chi connectivity index (χ3n) is 2.96. The number of nitrogens with one attached hydrogen (secondary N) is 1. The average Bonchev–Trinajstić information content (AvgIpc) is 2.66. The highest BCUT2D eigenvalue weighted by molar-refractivity contribution is 5.78. The molecule has 0 radical (unpaired) electrons. The Morgan fingerprint density at radius 3 is 2.67 bits per heavy atom. The first-order chi connectivity index (χ1) is 8.43. The Bertz CT molecular complexity index is 346. The van der Waals surface area contributed by atoms with E-state index in [1.54, 1.807) is 6.92 Å². The number of hydrogen-bond acceptors (Lipinski definition) is 4. The Morgan fingerprint density at radius 2 is 2.17 bits per heavy atom. The van der Waals surface area contributed by atoms with Crippen LogP contribution >= 0.6 is 0 Å². The molecule has 4 N–H and O–H groups in total. The molecule has 0 spiro atoms. The number of aliphatic carboxylic acids is 1. The van der Waals surface area contributed by atoms with Gasteiger partial charge in [-0.3, -0.25) is 4.79 Å². The summed E-state index contributed by atoms with van der Waals surface area (Å²) in [6.45, 7) is 2.24. The normalized spacial score (nSPS) is 22.6. The van der Waals surface area contributed by atoms with E-state index in [0.29, 0.717) is 13.0 Å². The number of amides is 3. The van der Waals surface area contributed by atoms with Crippen LogP contribution in [0.3, 0.4) is 0 Å². The van der Waals surface area contributed by atoms with Gasteiger partial charge in [-0.25, -0.2) is 9.59 Å². The van der Waals surface area contributed by atoms with Crippen molar-refractivity contribution in [1.82, 2.24) is 10.2 Å². The molecule has 0 aliphatic carbocycles. The van der Waals surface area contributed by atoms with Gasteiger partial charge in [0.2, 0.25) is 0 Å². The highest BCUT2D eigenvalue weighted by Crippen LogP contribution is 2.23. The molecule has 0 aromatic heterocycles. The van der Waals surface area contributed by atoms with E-state index in [-0.39, 0.29) is 25.2 Å². The van der Waals surface area contributed by atoms with Crippen molar-refractivity contribution < 1.29 is 24.2 Å². The second-order valence-electron chi connectivity index (χ2n) is 4.07. The lowest BCUT2D eigenvalue weighted by molar-refractivity contribution is -0.142. The number of ether oxygens (including phenoxy) is 1. The van der Waals surface area contributed by atoms with Crippen LogP contribution in [0.2, 0.25) is 0 Å². The summed E-state index contributed by atoms with van der Waals surface area (Å²) in [6.07, 6.45) is -0.452. The topological polar surface area (TPSA) is 122 Å². The molecule has 102 valence electrons. The lowest BCUT2D eigenvalue weighted by atomic mass is 10.0. The molecule has 2 atom stereocenters. The molecule has 0 aromatic rings. The van der Waals surface area contributed by atoms with E-state index >= 15 is 0 Å². The van der Waals surface area contributed by atoms with Crippen molar-refractivity contribution in [3.8, 4) is 0 Å². The second-order valence-corrected chi connectivity index (χ2v) is 4.07. The van der Waals surface area contributed by atoms with Crippen molar-refractivity contribution >= 4 is 18.1 Å². The van der Waals surface area contributed by atoms with Crippen LogP contribution in [0.4, 0.5) is 9.59 Å². The highest BCUT2D eigenvalue weighted by atomic mass is 16.5. The lowest BCUT2D eigenvalue weighted by Gasteiger charge is -2.23. The highest BCUT2D eigenvalue weighted by Gasteiger charge is 2.37. The van der Waals surface area contributed by atoms with Crippen LogP contribution in [-0.4, -0.2) is 53.8 Å². The fourth-order valence-electron chi connectivity index (χ4n) is 1.97. The van der Waals surface area contributed by atoms with Crippen molar-refractivity contribution in [2.24, 2.45) is 11.7 Å². The van der Waals surface area contributed by atoms with Crippen LogP contribution in [-0.2, 0) is 9.53 Å². The quantitative estimate of drug-likeness (QED) is 0.592. The zero-order valence-electron chi connectivity index (χ0n) is 10.1. The molecule has 18 heavy (non-hydrogen) atoms. The number of hydrogen-bond donors (Lipinski definition) is 3. The van der Waals surface area contributed by atoms with Crippen molar-refractivity contribution in [2.75, 3.05) is 19.7 Å². The van der Waals surface area contributed by atoms with Gasteiger partial charge in [0.15, 0.2) is 0 Å². The third kappa shape index (κ3) is 3.51. The molecule has 1 saturated heterocycles. The fraction of sp³-hybridized carbons (Fsp3) is 0.700. The molecule has 8 heteroatoms. The Morgan fingerprint density at radius 1 is 1.50 bits per heavy atom. The molecule has 0 aromatic carbocycles. The van der Waals surface area contributed by atoms with Gasteiger partial charge >= 0.3 is 18.1 Å². The first-order valence-electron chi connectivity index (χ1n) is 5.63. The average molecular weight is 259 g/mol. The number of carbonyl (C=O) groups is 3. The number of primary amides is 1. The SMILES string of the molecule is CC1C(C(=O)O)CCN1C(=O)NCCOC(N)=O. The van der Waals surface area contributed by atoms with Crippen LogP contribution in [0.25, 0.3) is 0 Å². The van der Waals surface area contributed by atoms with Gasteiger partial charge in [0.05, 0.1) is 12.5 Å². The number of nitrogens with zero attached hydrogens (tertiary/aromatic N) is 1. The number of rotatable bonds is 4. The molecule has 1 rings (SSSR count). The van der Waals surface area contributed by atoms with Crippen molar-refractivity contribution in [1.29, 1.82) is 0 Å². The van der Waals surface area contributed by atoms with Gasteiger partial charge in [0.1, 0.15) is 6.61 Å². The van der Waals surface area contributed by atoms with E-state index in [1.165, 1.54) is 4.90 Å². The molecule has 0 saturated carbocycles. The van der Waals surface area contributed by atoms with Crippen LogP contribution in [0, 0.1) is 5.92 Å². The van der Waals surface area contributed by atoms with Crippen molar-refractivity contribution in [3.05, 3.63) is 0 Å². The predicted molar refractivity (Wildman–Crippen MR) is 60.8 cm³/mol. The number of likely N-dealkylation sites (tertiary alicyclic amines) is 1. The number of urea groups is 1. The van der Waals surface area contributed by atoms with E-state index < -0.39 is 18.0 Å². The van der Waals surface area contributed by atoms with Gasteiger partial charge in [0, 0.05) is 12.6 Å². The number of carbonyl (C=O) groups excluding carboxylic acids is 2. The van der Waals surface area contributed by atoms with E-state index in [0.717, 1.165) is 0 Å². The second kappa shape index (κ2) is 6.08. The molecule has 1 aliphatic heterocycles. The minimum absolute atomic E-state index is 0.00828. The molecule has 2 unspecified atom stereocenters. The Balaban J connectivity index is 2.35. The van der Waals surface area contributed by atoms with Gasteiger partial charge in [-0.1, -0.05) is 0 Å². The third-order valence-corrected chi connectivity index (χ3v) is 2.96. The molecule has 1 fully saturated rings. The summed E-state index contributed by atoms with van der Waals surface area (Å²) in [4.78, 5) is 34.3. The smallest absolute Gasteiger partial charge is 0.404 e. The van der Waals surface area contributed by atoms with E-state index in [2.05, 4.69) is 10.1 Å². The van der Waals surface area contributed by atoms with E-state index in [9.17, 15) is 14.4 Å². The van der Waals surface area contributed by atoms with Crippen molar-refractivity contribution in [2.45, 2.75) is 19.4 Å². The first kappa shape index (κ1) is 14.1. The molecule has 1 heterocycles. The molecular formula is C10H17N3O5. The largest absolute Gasteiger partial charge is 0.481 e. The Kier molecular flexibility index (Phi) is 4.75. The maximum Gasteiger partial charge on any atom is 0.404 e. The van der Waals surface area contributed by atoms with Crippen LogP contribution < -0.4 is 11.1 Å². The summed E-state index contributed by atoms with van der Waals surface area (Å²) in [5, 5.41) is 11.5. The number of carboxylic acids is 1. The van der Waals surface area contributed by atoms with E-state index in [1.807, 2.05) is 0 Å². The molecular weight excluding hydrogens is 242 g/mol. The molecule has 3 amide bonds. The fourth-order valence-corrected chi connectivity index (χ4v) is 1.97. The number of carboxylic acid groups (broad SMARTS) is 1. The van der Waals surface area contributed by atoms with E-state index in [4.69, 9.17) is 10.8 Å². The standard InChI is InChI=1S/C10H17N3O5/c1-6-7(8(14)15)2-4-13(6)10(17)12-3-5-18-9(11)16/h6-7H,2-5H2,1H3,(H2,11,16)(H,12,17)(H,14,15). The molecule has 8 nitrogen and oxygen atoms in total. The minimum Gasteiger partial charge on any atom is -0.481 e. The molecule has 1 aliphatic rings. The van der Waals surface area contributed by atoms with Crippen LogP contribution in [0.5, 0.6) is 0 Å². The summed E-state index contributed by atoms with van der Waals surface area (Å²) < 4.78 is 4.45. The minimum atomic E-state index is -0.898. The predicted octanol–water partition coefficient (Wildman–Crippen LogP) is -0.414. The monoisotopic (exact) mass is 259 g/mol. The number of nitrogens with two attached hydrogens (primary N) is 1. The summed E-state index contributed by atoms with van der Waals surface area (Å²) in [7, 11) is 0. The van der Waals surface area contributed by atoms with Gasteiger partial charge in [-0.05, 0) is 13.3 Å². The van der Waals surface area contributed by atoms with Gasteiger partial charge in [-0.2, -0.15) is 0 Å². The Hall–Kier alpha value is -1.99. The summed E-state index contributed by atoms with van der Waals surface area (Å²) in [6, 6.07) is -0.709. The zero-order chi connectivity index (χ0) is 13.7. The van der Waals surface area contributed by atoms with Gasteiger partial charge in [-0.15, -0.1) is 0 Å². The maximum absolute atomic E-state index is 11.7. The summed E-state index contributed by atoms with van der Waals surface area (Å²) in [5.41, 5.74) is 4.76. The Labute approximate surface area is 104 Å². The first-order valence-corrected chi connectivity index (χ1v) is 5.63.